The number of likely N-dealkylation sites (tertiary alicyclic amines) is 1. The molecule has 0 bridgehead atoms. The third kappa shape index (κ3) is 4.49. The lowest BCUT2D eigenvalue weighted by Gasteiger charge is -2.30. The number of carbonyl (C=O) groups is 2. The van der Waals surface area contributed by atoms with E-state index in [0.717, 1.165) is 30.6 Å². The molecule has 1 aliphatic rings. The maximum atomic E-state index is 12.3. The Kier molecular flexibility index (Phi) is 6.23. The number of piperidine rings is 1. The minimum Gasteiger partial charge on any atom is -0.496 e. The SMILES string of the molecule is COc1cc(C)c(CCNC(=O)C2CCN(C(C)=O)CC2)cc1C. The summed E-state index contributed by atoms with van der Waals surface area (Å²) in [4.78, 5) is 25.4. The zero-order valence-corrected chi connectivity index (χ0v) is 15.1. The number of methoxy groups -OCH3 is 1. The third-order valence-corrected chi connectivity index (χ3v) is 4.86. The number of ether oxygens (including phenoxy) is 1. The molecule has 1 aliphatic heterocycles. The largest absolute Gasteiger partial charge is 0.496 e. The first-order valence-electron chi connectivity index (χ1n) is 8.59. The summed E-state index contributed by atoms with van der Waals surface area (Å²) in [6.45, 7) is 7.69. The predicted molar refractivity (Wildman–Crippen MR) is 94.2 cm³/mol. The van der Waals surface area contributed by atoms with E-state index in [1.807, 2.05) is 17.9 Å². The second kappa shape index (κ2) is 8.18. The molecule has 1 N–H and O–H groups in total. The predicted octanol–water partition coefficient (Wildman–Crippen LogP) is 2.23. The van der Waals surface area contributed by atoms with E-state index in [9.17, 15) is 9.59 Å². The molecule has 0 radical (unpaired) electrons. The van der Waals surface area contributed by atoms with Crippen molar-refractivity contribution >= 4 is 11.8 Å². The summed E-state index contributed by atoms with van der Waals surface area (Å²) in [6.07, 6.45) is 2.33. The molecule has 0 aliphatic carbocycles. The van der Waals surface area contributed by atoms with Crippen LogP contribution in [-0.2, 0) is 16.0 Å². The molecule has 132 valence electrons. The summed E-state index contributed by atoms with van der Waals surface area (Å²) in [5.74, 6) is 1.14. The van der Waals surface area contributed by atoms with Crippen molar-refractivity contribution in [3.63, 3.8) is 0 Å². The number of nitrogens with zero attached hydrogens (tertiary/aromatic N) is 1. The second-order valence-corrected chi connectivity index (χ2v) is 6.57. The van der Waals surface area contributed by atoms with Crippen LogP contribution < -0.4 is 10.1 Å². The lowest BCUT2D eigenvalue weighted by Crippen LogP contribution is -2.42. The van der Waals surface area contributed by atoms with Crippen molar-refractivity contribution in [3.8, 4) is 5.75 Å². The fraction of sp³-hybridized carbons (Fsp3) is 0.579. The number of hydrogen-bond acceptors (Lipinski definition) is 3. The summed E-state index contributed by atoms with van der Waals surface area (Å²) < 4.78 is 5.33. The number of benzene rings is 1. The van der Waals surface area contributed by atoms with Crippen LogP contribution in [0.5, 0.6) is 5.75 Å². The Morgan fingerprint density at radius 2 is 1.88 bits per heavy atom. The normalized spacial score (nSPS) is 15.2. The smallest absolute Gasteiger partial charge is 0.223 e. The second-order valence-electron chi connectivity index (χ2n) is 6.57. The summed E-state index contributed by atoms with van der Waals surface area (Å²) in [7, 11) is 1.68. The highest BCUT2D eigenvalue weighted by atomic mass is 16.5. The molecule has 1 aromatic rings. The number of nitrogens with one attached hydrogen (secondary N) is 1. The van der Waals surface area contributed by atoms with Crippen molar-refractivity contribution in [2.24, 2.45) is 5.92 Å². The molecule has 0 aromatic heterocycles. The van der Waals surface area contributed by atoms with E-state index in [2.05, 4.69) is 18.3 Å². The van der Waals surface area contributed by atoms with Crippen LogP contribution in [0.4, 0.5) is 0 Å². The van der Waals surface area contributed by atoms with Crippen molar-refractivity contribution in [2.45, 2.75) is 40.0 Å². The average molecular weight is 332 g/mol. The molecular formula is C19H28N2O3. The topological polar surface area (TPSA) is 58.6 Å². The Morgan fingerprint density at radius 3 is 2.46 bits per heavy atom. The first-order chi connectivity index (χ1) is 11.4. The third-order valence-electron chi connectivity index (χ3n) is 4.86. The van der Waals surface area contributed by atoms with Crippen molar-refractivity contribution < 1.29 is 14.3 Å². The van der Waals surface area contributed by atoms with Crippen molar-refractivity contribution in [1.82, 2.24) is 10.2 Å². The lowest BCUT2D eigenvalue weighted by atomic mass is 9.95. The van der Waals surface area contributed by atoms with Gasteiger partial charge in [-0.25, -0.2) is 0 Å². The monoisotopic (exact) mass is 332 g/mol. The van der Waals surface area contributed by atoms with E-state index in [1.54, 1.807) is 14.0 Å². The van der Waals surface area contributed by atoms with Crippen molar-refractivity contribution in [2.75, 3.05) is 26.7 Å². The van der Waals surface area contributed by atoms with Gasteiger partial charge in [0.1, 0.15) is 5.75 Å². The maximum absolute atomic E-state index is 12.3. The first-order valence-corrected chi connectivity index (χ1v) is 8.59. The van der Waals surface area contributed by atoms with Crippen LogP contribution in [0, 0.1) is 19.8 Å². The minimum atomic E-state index is 0.0271. The quantitative estimate of drug-likeness (QED) is 0.899. The number of aryl methyl sites for hydroxylation is 2. The van der Waals surface area contributed by atoms with Crippen molar-refractivity contribution in [3.05, 3.63) is 28.8 Å². The standard InChI is InChI=1S/C19H28N2O3/c1-13-12-18(24-4)14(2)11-17(13)5-8-20-19(23)16-6-9-21(10-7-16)15(3)22/h11-12,16H,5-10H2,1-4H3,(H,20,23). The fourth-order valence-electron chi connectivity index (χ4n) is 3.26. The van der Waals surface area contributed by atoms with Crippen LogP contribution in [0.2, 0.25) is 0 Å². The molecule has 1 fully saturated rings. The number of carbonyl (C=O) groups excluding carboxylic acids is 2. The number of amides is 2. The van der Waals surface area contributed by atoms with Gasteiger partial charge in [0.05, 0.1) is 7.11 Å². The van der Waals surface area contributed by atoms with Crippen LogP contribution >= 0.6 is 0 Å². The van der Waals surface area contributed by atoms with Crippen LogP contribution in [-0.4, -0.2) is 43.5 Å². The van der Waals surface area contributed by atoms with E-state index < -0.39 is 0 Å². The Morgan fingerprint density at radius 1 is 1.21 bits per heavy atom. The van der Waals surface area contributed by atoms with Gasteiger partial charge in [-0.15, -0.1) is 0 Å². The molecule has 5 nitrogen and oxygen atoms in total. The highest BCUT2D eigenvalue weighted by Crippen LogP contribution is 2.23. The molecule has 1 saturated heterocycles. The number of hydrogen-bond donors (Lipinski definition) is 1. The van der Waals surface area contributed by atoms with E-state index in [4.69, 9.17) is 4.74 Å². The van der Waals surface area contributed by atoms with E-state index >= 15 is 0 Å². The lowest BCUT2D eigenvalue weighted by molar-refractivity contribution is -0.133. The molecule has 1 aromatic carbocycles. The molecule has 2 amide bonds. The van der Waals surface area contributed by atoms with Gasteiger partial charge in [0.25, 0.3) is 0 Å². The Bertz CT molecular complexity index is 605. The fourth-order valence-corrected chi connectivity index (χ4v) is 3.26. The average Bonchev–Trinajstić information content (AvgIpc) is 2.57. The van der Waals surface area contributed by atoms with Crippen LogP contribution in [0.15, 0.2) is 12.1 Å². The molecule has 1 heterocycles. The van der Waals surface area contributed by atoms with Crippen LogP contribution in [0.3, 0.4) is 0 Å². The van der Waals surface area contributed by atoms with E-state index in [-0.39, 0.29) is 17.7 Å². The highest BCUT2D eigenvalue weighted by molar-refractivity contribution is 5.79. The number of rotatable bonds is 5. The minimum absolute atomic E-state index is 0.0271. The molecule has 0 unspecified atom stereocenters. The summed E-state index contributed by atoms with van der Waals surface area (Å²) >= 11 is 0. The van der Waals surface area contributed by atoms with E-state index in [1.165, 1.54) is 11.1 Å². The maximum Gasteiger partial charge on any atom is 0.223 e. The molecule has 0 atom stereocenters. The Labute approximate surface area is 144 Å². The zero-order valence-electron chi connectivity index (χ0n) is 15.1. The summed E-state index contributed by atoms with van der Waals surface area (Å²) in [6, 6.07) is 4.18. The van der Waals surface area contributed by atoms with Crippen LogP contribution in [0.25, 0.3) is 0 Å². The Hall–Kier alpha value is -2.04. The van der Waals surface area contributed by atoms with Gasteiger partial charge in [0.2, 0.25) is 11.8 Å². The van der Waals surface area contributed by atoms with Gasteiger partial charge < -0.3 is 15.0 Å². The van der Waals surface area contributed by atoms with Gasteiger partial charge in [-0.1, -0.05) is 6.07 Å². The van der Waals surface area contributed by atoms with Gasteiger partial charge in [0.15, 0.2) is 0 Å². The first kappa shape index (κ1) is 18.3. The highest BCUT2D eigenvalue weighted by Gasteiger charge is 2.25. The van der Waals surface area contributed by atoms with Gasteiger partial charge in [-0.3, -0.25) is 9.59 Å². The van der Waals surface area contributed by atoms with Gasteiger partial charge in [-0.2, -0.15) is 0 Å². The molecule has 24 heavy (non-hydrogen) atoms. The summed E-state index contributed by atoms with van der Waals surface area (Å²) in [5.41, 5.74) is 3.53. The molecule has 0 spiro atoms. The molecular weight excluding hydrogens is 304 g/mol. The molecule has 5 heteroatoms. The van der Waals surface area contributed by atoms with Gasteiger partial charge >= 0.3 is 0 Å². The van der Waals surface area contributed by atoms with Gasteiger partial charge in [0, 0.05) is 32.5 Å². The molecule has 2 rings (SSSR count). The van der Waals surface area contributed by atoms with Gasteiger partial charge in [-0.05, 0) is 55.9 Å². The van der Waals surface area contributed by atoms with Crippen LogP contribution in [0.1, 0.15) is 36.5 Å². The zero-order chi connectivity index (χ0) is 17.7. The molecule has 0 saturated carbocycles. The Balaban J connectivity index is 1.81. The summed E-state index contributed by atoms with van der Waals surface area (Å²) in [5, 5.41) is 3.05. The van der Waals surface area contributed by atoms with E-state index in [0.29, 0.717) is 19.6 Å². The van der Waals surface area contributed by atoms with Crippen molar-refractivity contribution in [1.29, 1.82) is 0 Å².